The second-order valence-electron chi connectivity index (χ2n) is 5.42. The summed E-state index contributed by atoms with van der Waals surface area (Å²) >= 11 is 0. The van der Waals surface area contributed by atoms with Crippen LogP contribution < -0.4 is 15.4 Å². The van der Waals surface area contributed by atoms with Gasteiger partial charge in [0.05, 0.1) is 11.8 Å². The van der Waals surface area contributed by atoms with Gasteiger partial charge in [-0.3, -0.25) is 4.79 Å². The number of ether oxygens (including phenoxy) is 2. The minimum atomic E-state index is -0.0960. The Morgan fingerprint density at radius 2 is 2.35 bits per heavy atom. The van der Waals surface area contributed by atoms with E-state index in [0.29, 0.717) is 12.1 Å². The Labute approximate surface area is 118 Å². The van der Waals surface area contributed by atoms with Crippen molar-refractivity contribution in [2.24, 2.45) is 0 Å². The Morgan fingerprint density at radius 1 is 1.45 bits per heavy atom. The van der Waals surface area contributed by atoms with Crippen molar-refractivity contribution in [1.29, 1.82) is 0 Å². The molecule has 1 fully saturated rings. The highest BCUT2D eigenvalue weighted by Crippen LogP contribution is 2.28. The van der Waals surface area contributed by atoms with Crippen LogP contribution in [0.3, 0.4) is 0 Å². The van der Waals surface area contributed by atoms with Crippen molar-refractivity contribution in [3.8, 4) is 5.75 Å². The maximum atomic E-state index is 11.3. The number of carbonyl (C=O) groups is 1. The quantitative estimate of drug-likeness (QED) is 0.878. The summed E-state index contributed by atoms with van der Waals surface area (Å²) in [6, 6.07) is 6.44. The van der Waals surface area contributed by atoms with Crippen LogP contribution in [0, 0.1) is 0 Å². The summed E-state index contributed by atoms with van der Waals surface area (Å²) in [4.78, 5) is 11.3. The Kier molecular flexibility index (Phi) is 3.89. The molecule has 108 valence electrons. The molecule has 2 aliphatic rings. The van der Waals surface area contributed by atoms with Crippen LogP contribution in [0.25, 0.3) is 0 Å². The van der Waals surface area contributed by atoms with E-state index in [1.165, 1.54) is 0 Å². The number of amides is 1. The lowest BCUT2D eigenvalue weighted by Gasteiger charge is -2.19. The number of methoxy groups -OCH3 is 1. The third-order valence-electron chi connectivity index (χ3n) is 3.99. The molecule has 20 heavy (non-hydrogen) atoms. The normalized spacial score (nSPS) is 24.9. The van der Waals surface area contributed by atoms with E-state index in [4.69, 9.17) is 9.47 Å². The number of carbonyl (C=O) groups excluding carboxylic acids is 1. The van der Waals surface area contributed by atoms with E-state index < -0.39 is 0 Å². The van der Waals surface area contributed by atoms with Crippen LogP contribution in [0.2, 0.25) is 0 Å². The molecule has 1 aliphatic carbocycles. The smallest absolute Gasteiger partial charge is 0.262 e. The Hall–Kier alpha value is -1.59. The van der Waals surface area contributed by atoms with Crippen LogP contribution in [0.5, 0.6) is 5.75 Å². The topological polar surface area (TPSA) is 59.6 Å². The van der Waals surface area contributed by atoms with Gasteiger partial charge in [-0.1, -0.05) is 6.07 Å². The summed E-state index contributed by atoms with van der Waals surface area (Å²) in [5, 5.41) is 6.38. The minimum absolute atomic E-state index is 0.0960. The number of rotatable bonds is 4. The molecular weight excluding hydrogens is 256 g/mol. The summed E-state index contributed by atoms with van der Waals surface area (Å²) in [5.41, 5.74) is 1.91. The predicted molar refractivity (Wildman–Crippen MR) is 75.8 cm³/mol. The van der Waals surface area contributed by atoms with E-state index in [1.54, 1.807) is 7.11 Å². The van der Waals surface area contributed by atoms with Gasteiger partial charge >= 0.3 is 0 Å². The molecule has 0 radical (unpaired) electrons. The van der Waals surface area contributed by atoms with Gasteiger partial charge in [-0.05, 0) is 37.0 Å². The van der Waals surface area contributed by atoms with Crippen molar-refractivity contribution in [3.63, 3.8) is 0 Å². The lowest BCUT2D eigenvalue weighted by Crippen LogP contribution is -2.27. The molecule has 1 aromatic rings. The van der Waals surface area contributed by atoms with E-state index in [9.17, 15) is 4.79 Å². The fourth-order valence-electron chi connectivity index (χ4n) is 2.84. The molecule has 1 aromatic carbocycles. The summed E-state index contributed by atoms with van der Waals surface area (Å²) in [5.74, 6) is 0.648. The molecule has 1 amide bonds. The maximum absolute atomic E-state index is 11.3. The minimum Gasteiger partial charge on any atom is -0.482 e. The number of hydrogen-bond acceptors (Lipinski definition) is 4. The van der Waals surface area contributed by atoms with Gasteiger partial charge in [0, 0.05) is 19.7 Å². The predicted octanol–water partition coefficient (Wildman–Crippen LogP) is 1.67. The average Bonchev–Trinajstić information content (AvgIpc) is 2.92. The molecule has 0 aromatic heterocycles. The number of fused-ring (bicyclic) bond motifs is 1. The summed E-state index contributed by atoms with van der Waals surface area (Å²) in [7, 11) is 1.78. The Bertz CT molecular complexity index is 504. The van der Waals surface area contributed by atoms with Gasteiger partial charge in [0.25, 0.3) is 5.91 Å². The van der Waals surface area contributed by atoms with Crippen LogP contribution in [-0.2, 0) is 16.1 Å². The van der Waals surface area contributed by atoms with Gasteiger partial charge in [0.1, 0.15) is 5.75 Å². The second-order valence-corrected chi connectivity index (χ2v) is 5.42. The third-order valence-corrected chi connectivity index (χ3v) is 3.99. The number of nitrogens with one attached hydrogen (secondary N) is 2. The zero-order valence-corrected chi connectivity index (χ0v) is 11.6. The lowest BCUT2D eigenvalue weighted by atomic mass is 10.1. The molecule has 0 spiro atoms. The fraction of sp³-hybridized carbons (Fsp3) is 0.533. The molecule has 1 saturated carbocycles. The fourth-order valence-corrected chi connectivity index (χ4v) is 2.84. The van der Waals surface area contributed by atoms with Gasteiger partial charge in [0.15, 0.2) is 6.61 Å². The SMILES string of the molecule is COC1CCC(NCc2ccc3c(c2)NC(=O)CO3)C1. The number of benzene rings is 1. The first-order chi connectivity index (χ1) is 9.74. The third kappa shape index (κ3) is 2.94. The molecule has 0 saturated heterocycles. The van der Waals surface area contributed by atoms with Gasteiger partial charge in [-0.25, -0.2) is 0 Å². The van der Waals surface area contributed by atoms with E-state index in [0.717, 1.165) is 42.8 Å². The molecule has 3 rings (SSSR count). The highest BCUT2D eigenvalue weighted by molar-refractivity contribution is 5.95. The van der Waals surface area contributed by atoms with Crippen molar-refractivity contribution in [1.82, 2.24) is 5.32 Å². The molecule has 2 N–H and O–H groups in total. The van der Waals surface area contributed by atoms with Crippen LogP contribution >= 0.6 is 0 Å². The van der Waals surface area contributed by atoms with E-state index in [-0.39, 0.29) is 12.5 Å². The van der Waals surface area contributed by atoms with Crippen molar-refractivity contribution >= 4 is 11.6 Å². The van der Waals surface area contributed by atoms with Crippen LogP contribution in [0.4, 0.5) is 5.69 Å². The molecule has 2 unspecified atom stereocenters. The van der Waals surface area contributed by atoms with E-state index >= 15 is 0 Å². The van der Waals surface area contributed by atoms with Crippen molar-refractivity contribution in [3.05, 3.63) is 23.8 Å². The first-order valence-electron chi connectivity index (χ1n) is 7.06. The maximum Gasteiger partial charge on any atom is 0.262 e. The zero-order chi connectivity index (χ0) is 13.9. The lowest BCUT2D eigenvalue weighted by molar-refractivity contribution is -0.118. The molecule has 2 atom stereocenters. The van der Waals surface area contributed by atoms with Gasteiger partial charge in [0.2, 0.25) is 0 Å². The highest BCUT2D eigenvalue weighted by atomic mass is 16.5. The van der Waals surface area contributed by atoms with Gasteiger partial charge in [-0.15, -0.1) is 0 Å². The van der Waals surface area contributed by atoms with Crippen molar-refractivity contribution < 1.29 is 14.3 Å². The molecule has 5 nitrogen and oxygen atoms in total. The summed E-state index contributed by atoms with van der Waals surface area (Å²) in [6.45, 7) is 0.898. The van der Waals surface area contributed by atoms with Crippen molar-refractivity contribution in [2.75, 3.05) is 19.0 Å². The van der Waals surface area contributed by atoms with Crippen molar-refractivity contribution in [2.45, 2.75) is 38.0 Å². The standard InChI is InChI=1S/C15H20N2O3/c1-19-12-4-3-11(7-12)16-8-10-2-5-14-13(6-10)17-15(18)9-20-14/h2,5-6,11-12,16H,3-4,7-9H2,1H3,(H,17,18). The number of anilines is 1. The zero-order valence-electron chi connectivity index (χ0n) is 11.6. The van der Waals surface area contributed by atoms with Gasteiger partial charge in [-0.2, -0.15) is 0 Å². The van der Waals surface area contributed by atoms with E-state index in [2.05, 4.69) is 10.6 Å². The first-order valence-corrected chi connectivity index (χ1v) is 7.06. The second kappa shape index (κ2) is 5.81. The monoisotopic (exact) mass is 276 g/mol. The van der Waals surface area contributed by atoms with Crippen LogP contribution in [-0.4, -0.2) is 31.8 Å². The molecule has 1 aliphatic heterocycles. The average molecular weight is 276 g/mol. The molecule has 5 heteroatoms. The van der Waals surface area contributed by atoms with Crippen LogP contribution in [0.15, 0.2) is 18.2 Å². The summed E-state index contributed by atoms with van der Waals surface area (Å²) < 4.78 is 10.7. The largest absolute Gasteiger partial charge is 0.482 e. The Balaban J connectivity index is 1.58. The van der Waals surface area contributed by atoms with Gasteiger partial charge < -0.3 is 20.1 Å². The van der Waals surface area contributed by atoms with E-state index in [1.807, 2.05) is 18.2 Å². The molecule has 1 heterocycles. The number of hydrogen-bond donors (Lipinski definition) is 2. The highest BCUT2D eigenvalue weighted by Gasteiger charge is 2.24. The first kappa shape index (κ1) is 13.4. The molecule has 0 bridgehead atoms. The Morgan fingerprint density at radius 3 is 3.15 bits per heavy atom. The van der Waals surface area contributed by atoms with Crippen LogP contribution in [0.1, 0.15) is 24.8 Å². The summed E-state index contributed by atoms with van der Waals surface area (Å²) in [6.07, 6.45) is 3.75. The molecular formula is C15H20N2O3.